The number of rotatable bonds is 5. The lowest BCUT2D eigenvalue weighted by Crippen LogP contribution is -2.32. The molecule has 0 saturated heterocycles. The molecular weight excluding hydrogens is 340 g/mol. The number of hydrogen-bond donors (Lipinski definition) is 2. The van der Waals surface area contributed by atoms with Crippen molar-refractivity contribution in [2.75, 3.05) is 12.4 Å². The highest BCUT2D eigenvalue weighted by Crippen LogP contribution is 2.24. The average Bonchev–Trinajstić information content (AvgIpc) is 2.62. The minimum absolute atomic E-state index is 0.107. The van der Waals surface area contributed by atoms with E-state index in [0.717, 1.165) is 5.56 Å². The predicted molar refractivity (Wildman–Crippen MR) is 95.2 cm³/mol. The van der Waals surface area contributed by atoms with Crippen LogP contribution in [0.4, 0.5) is 11.4 Å². The van der Waals surface area contributed by atoms with E-state index in [9.17, 15) is 19.7 Å². The Bertz CT molecular complexity index is 879. The van der Waals surface area contributed by atoms with Gasteiger partial charge in [0.25, 0.3) is 5.69 Å². The minimum Gasteiger partial charge on any atom is -0.495 e. The highest BCUT2D eigenvalue weighted by atomic mass is 16.6. The Morgan fingerprint density at radius 2 is 1.96 bits per heavy atom. The average molecular weight is 356 g/mol. The highest BCUT2D eigenvalue weighted by molar-refractivity contribution is 6.39. The molecule has 2 aromatic carbocycles. The zero-order valence-corrected chi connectivity index (χ0v) is 14.1. The second kappa shape index (κ2) is 8.38. The molecule has 2 aromatic rings. The van der Waals surface area contributed by atoms with E-state index < -0.39 is 16.7 Å². The number of carbonyl (C=O) groups is 2. The maximum absolute atomic E-state index is 11.9. The van der Waals surface area contributed by atoms with Gasteiger partial charge in [0.2, 0.25) is 0 Å². The molecule has 9 heteroatoms. The molecule has 2 rings (SSSR count). The van der Waals surface area contributed by atoms with E-state index >= 15 is 0 Å². The van der Waals surface area contributed by atoms with Gasteiger partial charge in [0.1, 0.15) is 5.75 Å². The van der Waals surface area contributed by atoms with E-state index in [1.54, 1.807) is 24.3 Å². The van der Waals surface area contributed by atoms with Gasteiger partial charge in [0, 0.05) is 17.7 Å². The van der Waals surface area contributed by atoms with Crippen LogP contribution in [0.2, 0.25) is 0 Å². The number of nitrogens with one attached hydrogen (secondary N) is 2. The van der Waals surface area contributed by atoms with Crippen molar-refractivity contribution in [3.8, 4) is 5.75 Å². The number of hydrazone groups is 1. The van der Waals surface area contributed by atoms with Gasteiger partial charge in [0.05, 0.1) is 23.9 Å². The van der Waals surface area contributed by atoms with Gasteiger partial charge >= 0.3 is 11.8 Å². The third kappa shape index (κ3) is 4.87. The van der Waals surface area contributed by atoms with Gasteiger partial charge in [0.15, 0.2) is 0 Å². The van der Waals surface area contributed by atoms with E-state index in [1.807, 2.05) is 6.92 Å². The largest absolute Gasteiger partial charge is 0.495 e. The molecule has 26 heavy (non-hydrogen) atoms. The predicted octanol–water partition coefficient (Wildman–Crippen LogP) is 2.00. The fourth-order valence-electron chi connectivity index (χ4n) is 2.03. The fraction of sp³-hybridized carbons (Fsp3) is 0.118. The molecule has 2 amide bonds. The van der Waals surface area contributed by atoms with E-state index in [-0.39, 0.29) is 5.69 Å². The van der Waals surface area contributed by atoms with Crippen LogP contribution in [0.3, 0.4) is 0 Å². The number of benzene rings is 2. The van der Waals surface area contributed by atoms with Gasteiger partial charge in [-0.2, -0.15) is 5.10 Å². The van der Waals surface area contributed by atoms with Crippen LogP contribution in [0.1, 0.15) is 11.1 Å². The van der Waals surface area contributed by atoms with Crippen LogP contribution in [-0.2, 0) is 9.59 Å². The normalized spacial score (nSPS) is 10.4. The first-order valence-electron chi connectivity index (χ1n) is 7.44. The Morgan fingerprint density at radius 1 is 1.19 bits per heavy atom. The monoisotopic (exact) mass is 356 g/mol. The number of anilines is 1. The number of ether oxygens (including phenoxy) is 1. The van der Waals surface area contributed by atoms with Gasteiger partial charge < -0.3 is 10.1 Å². The summed E-state index contributed by atoms with van der Waals surface area (Å²) >= 11 is 0. The van der Waals surface area contributed by atoms with E-state index in [0.29, 0.717) is 17.0 Å². The molecule has 134 valence electrons. The summed E-state index contributed by atoms with van der Waals surface area (Å²) in [7, 11) is 1.45. The zero-order valence-electron chi connectivity index (χ0n) is 14.1. The molecule has 9 nitrogen and oxygen atoms in total. The Balaban J connectivity index is 1.99. The molecule has 0 aliphatic rings. The topological polar surface area (TPSA) is 123 Å². The highest BCUT2D eigenvalue weighted by Gasteiger charge is 2.15. The molecule has 0 radical (unpaired) electrons. The number of amides is 2. The number of nitrogens with zero attached hydrogens (tertiary/aromatic N) is 2. The summed E-state index contributed by atoms with van der Waals surface area (Å²) in [4.78, 5) is 33.9. The summed E-state index contributed by atoms with van der Waals surface area (Å²) in [6, 6.07) is 10.8. The molecule has 0 aliphatic heterocycles. The molecule has 0 heterocycles. The van der Waals surface area contributed by atoms with Crippen molar-refractivity contribution in [3.05, 3.63) is 63.7 Å². The van der Waals surface area contributed by atoms with E-state index in [1.165, 1.54) is 31.5 Å². The third-order valence-corrected chi connectivity index (χ3v) is 3.27. The zero-order chi connectivity index (χ0) is 19.1. The summed E-state index contributed by atoms with van der Waals surface area (Å²) < 4.78 is 5.12. The Morgan fingerprint density at radius 3 is 2.65 bits per heavy atom. The van der Waals surface area contributed by atoms with Gasteiger partial charge in [-0.3, -0.25) is 19.7 Å². The number of non-ortho nitro benzene ring substituents is 1. The standard InChI is InChI=1S/C17H16N4O5/c1-11-6-7-15(26-2)14(8-11)19-16(22)17(23)20-18-10-12-4-3-5-13(9-12)21(24)25/h3-10H,1-2H3,(H,19,22)(H,20,23)/b18-10-. The second-order valence-electron chi connectivity index (χ2n) is 5.21. The molecule has 0 spiro atoms. The third-order valence-electron chi connectivity index (χ3n) is 3.27. The molecule has 0 aromatic heterocycles. The SMILES string of the molecule is COc1ccc(C)cc1NC(=O)C(=O)N/N=C\c1cccc([N+](=O)[O-])c1. The van der Waals surface area contributed by atoms with Crippen LogP contribution in [-0.4, -0.2) is 30.1 Å². The van der Waals surface area contributed by atoms with Crippen molar-refractivity contribution in [2.45, 2.75) is 6.92 Å². The maximum Gasteiger partial charge on any atom is 0.329 e. The number of aryl methyl sites for hydroxylation is 1. The quantitative estimate of drug-likeness (QED) is 0.367. The van der Waals surface area contributed by atoms with Crippen molar-refractivity contribution in [1.82, 2.24) is 5.43 Å². The molecular formula is C17H16N4O5. The molecule has 0 fully saturated rings. The Hall–Kier alpha value is -3.75. The molecule has 0 aliphatic carbocycles. The summed E-state index contributed by atoms with van der Waals surface area (Å²) in [5, 5.41) is 16.8. The van der Waals surface area contributed by atoms with Crippen LogP contribution in [0.5, 0.6) is 5.75 Å². The van der Waals surface area contributed by atoms with E-state index in [4.69, 9.17) is 4.74 Å². The smallest absolute Gasteiger partial charge is 0.329 e. The van der Waals surface area contributed by atoms with Gasteiger partial charge in [-0.25, -0.2) is 5.43 Å². The summed E-state index contributed by atoms with van der Waals surface area (Å²) in [5.41, 5.74) is 3.59. The van der Waals surface area contributed by atoms with Crippen molar-refractivity contribution < 1.29 is 19.2 Å². The van der Waals surface area contributed by atoms with Crippen LogP contribution in [0, 0.1) is 17.0 Å². The van der Waals surface area contributed by atoms with Gasteiger partial charge in [-0.05, 0) is 24.6 Å². The number of methoxy groups -OCH3 is 1. The number of nitro groups is 1. The molecule has 0 saturated carbocycles. The van der Waals surface area contributed by atoms with Gasteiger partial charge in [-0.15, -0.1) is 0 Å². The summed E-state index contributed by atoms with van der Waals surface area (Å²) in [5.74, 6) is -1.50. The lowest BCUT2D eigenvalue weighted by Gasteiger charge is -2.10. The molecule has 0 unspecified atom stereocenters. The van der Waals surface area contributed by atoms with Crippen LogP contribution < -0.4 is 15.5 Å². The Kier molecular flexibility index (Phi) is 5.99. The van der Waals surface area contributed by atoms with Gasteiger partial charge in [-0.1, -0.05) is 18.2 Å². The maximum atomic E-state index is 11.9. The van der Waals surface area contributed by atoms with Crippen molar-refractivity contribution >= 4 is 29.4 Å². The molecule has 2 N–H and O–H groups in total. The second-order valence-corrected chi connectivity index (χ2v) is 5.21. The first-order chi connectivity index (χ1) is 12.4. The van der Waals surface area contributed by atoms with Crippen LogP contribution in [0.15, 0.2) is 47.6 Å². The van der Waals surface area contributed by atoms with Crippen LogP contribution in [0.25, 0.3) is 0 Å². The summed E-state index contributed by atoms with van der Waals surface area (Å²) in [6.45, 7) is 1.83. The minimum atomic E-state index is -0.991. The number of hydrogen-bond acceptors (Lipinski definition) is 6. The van der Waals surface area contributed by atoms with Crippen molar-refractivity contribution in [3.63, 3.8) is 0 Å². The number of carbonyl (C=O) groups excluding carboxylic acids is 2. The number of nitro benzene ring substituents is 1. The van der Waals surface area contributed by atoms with Crippen molar-refractivity contribution in [2.24, 2.45) is 5.10 Å². The van der Waals surface area contributed by atoms with Crippen LogP contribution >= 0.6 is 0 Å². The molecule has 0 bridgehead atoms. The van der Waals surface area contributed by atoms with E-state index in [2.05, 4.69) is 15.8 Å². The molecule has 0 atom stereocenters. The fourth-order valence-corrected chi connectivity index (χ4v) is 2.03. The first-order valence-corrected chi connectivity index (χ1v) is 7.44. The Labute approximate surface area is 148 Å². The lowest BCUT2D eigenvalue weighted by molar-refractivity contribution is -0.384. The van der Waals surface area contributed by atoms with Crippen molar-refractivity contribution in [1.29, 1.82) is 0 Å². The summed E-state index contributed by atoms with van der Waals surface area (Å²) in [6.07, 6.45) is 1.20. The lowest BCUT2D eigenvalue weighted by atomic mass is 10.2. The first kappa shape index (κ1) is 18.6.